The van der Waals surface area contributed by atoms with Crippen LogP contribution in [0.3, 0.4) is 0 Å². The van der Waals surface area contributed by atoms with E-state index in [9.17, 15) is 0 Å². The molecule has 2 rings (SSSR count). The Labute approximate surface area is 131 Å². The molecule has 2 saturated heterocycles. The first kappa shape index (κ1) is 17.1. The maximum Gasteiger partial charge on any atom is 0.174 e. The summed E-state index contributed by atoms with van der Waals surface area (Å²) in [5, 5.41) is 9.39. The Morgan fingerprint density at radius 1 is 1.27 bits per heavy atom. The zero-order valence-corrected chi connectivity index (χ0v) is 13.7. The van der Waals surface area contributed by atoms with Crippen molar-refractivity contribution in [2.45, 2.75) is 57.6 Å². The number of nitrogens with one attached hydrogen (secondary N) is 1. The fourth-order valence-electron chi connectivity index (χ4n) is 1.90. The third kappa shape index (κ3) is 5.88. The second kappa shape index (κ2) is 6.91. The molecule has 0 saturated carbocycles. The maximum atomic E-state index is 5.73. The van der Waals surface area contributed by atoms with E-state index in [0.717, 1.165) is 19.6 Å². The fraction of sp³-hybridized carbons (Fsp3) is 0.857. The number of hydrogen-bond acceptors (Lipinski definition) is 7. The first-order valence-electron chi connectivity index (χ1n) is 7.42. The molecule has 0 aromatic carbocycles. The summed E-state index contributed by atoms with van der Waals surface area (Å²) in [7, 11) is 0. The van der Waals surface area contributed by atoms with Crippen LogP contribution >= 0.6 is 0 Å². The van der Waals surface area contributed by atoms with Gasteiger partial charge in [0, 0.05) is 13.1 Å². The van der Waals surface area contributed by atoms with E-state index < -0.39 is 5.72 Å². The summed E-state index contributed by atoms with van der Waals surface area (Å²) in [5.74, 6) is 0. The SMILES string of the molecule is C=NN(N=CNOC(C)(C)CC1CO1)C(C)(C)OCC1CO1. The number of hydrazone groups is 2. The van der Waals surface area contributed by atoms with Gasteiger partial charge in [0.2, 0.25) is 0 Å². The topological polar surface area (TPSA) is 83.5 Å². The van der Waals surface area contributed by atoms with Gasteiger partial charge < -0.3 is 14.2 Å². The highest BCUT2D eigenvalue weighted by atomic mass is 16.7. The molecule has 8 heteroatoms. The molecule has 1 N–H and O–H groups in total. The second-order valence-corrected chi connectivity index (χ2v) is 6.53. The van der Waals surface area contributed by atoms with Crippen LogP contribution in [0.2, 0.25) is 0 Å². The molecule has 2 unspecified atom stereocenters. The second-order valence-electron chi connectivity index (χ2n) is 6.53. The lowest BCUT2D eigenvalue weighted by Crippen LogP contribution is -2.41. The van der Waals surface area contributed by atoms with Crippen molar-refractivity contribution in [3.05, 3.63) is 0 Å². The zero-order chi connectivity index (χ0) is 16.2. The molecule has 2 atom stereocenters. The van der Waals surface area contributed by atoms with Crippen LogP contribution in [0.25, 0.3) is 0 Å². The van der Waals surface area contributed by atoms with Crippen molar-refractivity contribution in [2.75, 3.05) is 19.8 Å². The minimum absolute atomic E-state index is 0.182. The Morgan fingerprint density at radius 2 is 1.91 bits per heavy atom. The van der Waals surface area contributed by atoms with Gasteiger partial charge in [-0.3, -0.25) is 10.3 Å². The number of ether oxygens (including phenoxy) is 3. The van der Waals surface area contributed by atoms with Gasteiger partial charge in [-0.05, 0) is 27.7 Å². The monoisotopic (exact) mass is 314 g/mol. The van der Waals surface area contributed by atoms with Crippen LogP contribution in [0.4, 0.5) is 0 Å². The minimum atomic E-state index is -0.719. The average molecular weight is 314 g/mol. The maximum absolute atomic E-state index is 5.73. The first-order valence-corrected chi connectivity index (χ1v) is 7.42. The summed E-state index contributed by atoms with van der Waals surface area (Å²) in [6, 6.07) is 0. The Kier molecular flexibility index (Phi) is 5.38. The molecule has 2 aliphatic rings. The van der Waals surface area contributed by atoms with Crippen molar-refractivity contribution in [3.8, 4) is 0 Å². The van der Waals surface area contributed by atoms with Crippen molar-refractivity contribution in [1.82, 2.24) is 10.6 Å². The molecule has 126 valence electrons. The minimum Gasteiger partial charge on any atom is -0.373 e. The number of epoxide rings is 2. The van der Waals surface area contributed by atoms with Gasteiger partial charge in [0.15, 0.2) is 5.72 Å². The van der Waals surface area contributed by atoms with E-state index in [1.807, 2.05) is 27.7 Å². The van der Waals surface area contributed by atoms with Gasteiger partial charge in [0.1, 0.15) is 12.4 Å². The van der Waals surface area contributed by atoms with Crippen molar-refractivity contribution in [2.24, 2.45) is 10.2 Å². The molecule has 0 amide bonds. The van der Waals surface area contributed by atoms with Gasteiger partial charge in [-0.2, -0.15) is 10.2 Å². The highest BCUT2D eigenvalue weighted by molar-refractivity contribution is 5.52. The molecule has 22 heavy (non-hydrogen) atoms. The number of rotatable bonds is 11. The lowest BCUT2D eigenvalue weighted by Gasteiger charge is -2.31. The molecular formula is C14H26N4O4. The van der Waals surface area contributed by atoms with Crippen LogP contribution in [0.5, 0.6) is 0 Å². The summed E-state index contributed by atoms with van der Waals surface area (Å²) >= 11 is 0. The van der Waals surface area contributed by atoms with Crippen molar-refractivity contribution < 1.29 is 19.0 Å². The van der Waals surface area contributed by atoms with E-state index in [0.29, 0.717) is 12.7 Å². The van der Waals surface area contributed by atoms with Gasteiger partial charge >= 0.3 is 0 Å². The molecule has 0 spiro atoms. The van der Waals surface area contributed by atoms with Crippen molar-refractivity contribution >= 4 is 13.1 Å². The Bertz CT molecular complexity index is 406. The molecule has 0 aromatic heterocycles. The van der Waals surface area contributed by atoms with Crippen molar-refractivity contribution in [3.63, 3.8) is 0 Å². The summed E-state index contributed by atoms with van der Waals surface area (Å²) in [5.41, 5.74) is 1.66. The van der Waals surface area contributed by atoms with Gasteiger partial charge in [-0.1, -0.05) is 0 Å². The number of nitrogens with zero attached hydrogens (tertiary/aromatic N) is 3. The summed E-state index contributed by atoms with van der Waals surface area (Å²) in [6.07, 6.45) is 2.73. The predicted octanol–water partition coefficient (Wildman–Crippen LogP) is 1.09. The molecule has 2 heterocycles. The summed E-state index contributed by atoms with van der Waals surface area (Å²) < 4.78 is 16.1. The van der Waals surface area contributed by atoms with Crippen molar-refractivity contribution in [1.29, 1.82) is 0 Å². The van der Waals surface area contributed by atoms with E-state index in [1.54, 1.807) is 0 Å². The lowest BCUT2D eigenvalue weighted by molar-refractivity contribution is -0.134. The van der Waals surface area contributed by atoms with Crippen LogP contribution in [0, 0.1) is 0 Å². The first-order chi connectivity index (χ1) is 10.3. The predicted molar refractivity (Wildman–Crippen MR) is 82.3 cm³/mol. The van der Waals surface area contributed by atoms with Gasteiger partial charge in [-0.25, -0.2) is 0 Å². The summed E-state index contributed by atoms with van der Waals surface area (Å²) in [6.45, 7) is 13.3. The third-order valence-corrected chi connectivity index (χ3v) is 3.32. The molecule has 8 nitrogen and oxygen atoms in total. The van der Waals surface area contributed by atoms with Crippen LogP contribution < -0.4 is 5.48 Å². The largest absolute Gasteiger partial charge is 0.373 e. The van der Waals surface area contributed by atoms with Gasteiger partial charge in [0.25, 0.3) is 0 Å². The smallest absolute Gasteiger partial charge is 0.174 e. The Balaban J connectivity index is 1.73. The molecular weight excluding hydrogens is 288 g/mol. The van der Waals surface area contributed by atoms with E-state index in [-0.39, 0.29) is 11.7 Å². The molecule has 0 aromatic rings. The highest BCUT2D eigenvalue weighted by Crippen LogP contribution is 2.24. The lowest BCUT2D eigenvalue weighted by atomic mass is 10.0. The van der Waals surface area contributed by atoms with Crippen LogP contribution in [0.15, 0.2) is 10.2 Å². The van der Waals surface area contributed by atoms with E-state index in [1.165, 1.54) is 11.5 Å². The van der Waals surface area contributed by atoms with Gasteiger partial charge in [-0.15, -0.1) is 5.10 Å². The van der Waals surface area contributed by atoms with E-state index >= 15 is 0 Å². The molecule has 0 aliphatic carbocycles. The highest BCUT2D eigenvalue weighted by Gasteiger charge is 2.33. The van der Waals surface area contributed by atoms with Gasteiger partial charge in [0.05, 0.1) is 31.5 Å². The van der Waals surface area contributed by atoms with E-state index in [2.05, 4.69) is 22.4 Å². The molecule has 0 radical (unpaired) electrons. The summed E-state index contributed by atoms with van der Waals surface area (Å²) in [4.78, 5) is 5.57. The normalized spacial score (nSPS) is 24.4. The molecule has 2 fully saturated rings. The molecule has 0 bridgehead atoms. The molecule has 2 aliphatic heterocycles. The fourth-order valence-corrected chi connectivity index (χ4v) is 1.90. The number of hydrogen-bond donors (Lipinski definition) is 1. The average Bonchev–Trinajstić information content (AvgIpc) is 3.31. The zero-order valence-electron chi connectivity index (χ0n) is 13.7. The van der Waals surface area contributed by atoms with Crippen LogP contribution in [0.1, 0.15) is 34.1 Å². The standard InChI is InChI=1S/C14H26N4O4/c1-13(2,6-11-7-19-11)22-17-10-16-18(15-5)14(3,4)21-9-12-8-20-12/h10-12H,5-9H2,1-4H3,(H,16,17). The Morgan fingerprint density at radius 3 is 2.45 bits per heavy atom. The third-order valence-electron chi connectivity index (χ3n) is 3.32. The quantitative estimate of drug-likeness (QED) is 0.202. The van der Waals surface area contributed by atoms with E-state index in [4.69, 9.17) is 19.0 Å². The number of hydroxylamine groups is 1. The Hall–Kier alpha value is -1.22. The van der Waals surface area contributed by atoms with Crippen LogP contribution in [-0.2, 0) is 19.0 Å². The van der Waals surface area contributed by atoms with Crippen LogP contribution in [-0.4, -0.2) is 61.5 Å².